The molecule has 1 heterocycles. The van der Waals surface area contributed by atoms with E-state index in [-0.39, 0.29) is 0 Å². The highest BCUT2D eigenvalue weighted by molar-refractivity contribution is 7.14. The molecular formula is C18H19F2NO3S. The lowest BCUT2D eigenvalue weighted by Gasteiger charge is -2.13. The van der Waals surface area contributed by atoms with Crippen LogP contribution in [-0.2, 0) is 16.0 Å². The Morgan fingerprint density at radius 1 is 1.28 bits per heavy atom. The first-order chi connectivity index (χ1) is 11.8. The van der Waals surface area contributed by atoms with Crippen molar-refractivity contribution >= 4 is 28.9 Å². The number of hydrogen-bond acceptors (Lipinski definition) is 4. The van der Waals surface area contributed by atoms with Crippen LogP contribution >= 0.6 is 11.3 Å². The zero-order chi connectivity index (χ0) is 18.6. The lowest BCUT2D eigenvalue weighted by molar-refractivity contribution is -0.123. The number of carbonyl (C=O) groups is 2. The predicted octanol–water partition coefficient (Wildman–Crippen LogP) is 4.47. The van der Waals surface area contributed by atoms with E-state index in [0.29, 0.717) is 4.88 Å². The fraction of sp³-hybridized carbons (Fsp3) is 0.333. The van der Waals surface area contributed by atoms with Crippen LogP contribution in [0.5, 0.6) is 0 Å². The molecule has 0 radical (unpaired) electrons. The molecule has 0 unspecified atom stereocenters. The fourth-order valence-electron chi connectivity index (χ4n) is 2.25. The summed E-state index contributed by atoms with van der Waals surface area (Å²) in [6.07, 6.45) is 0.626. The zero-order valence-corrected chi connectivity index (χ0v) is 15.0. The number of amides is 1. The molecule has 7 heteroatoms. The van der Waals surface area contributed by atoms with E-state index in [4.69, 9.17) is 4.74 Å². The van der Waals surface area contributed by atoms with E-state index in [9.17, 15) is 18.4 Å². The summed E-state index contributed by atoms with van der Waals surface area (Å²) in [5.41, 5.74) is 0.512. The molecule has 1 amide bonds. The summed E-state index contributed by atoms with van der Waals surface area (Å²) in [7, 11) is 0. The van der Waals surface area contributed by atoms with E-state index in [1.165, 1.54) is 24.3 Å². The van der Waals surface area contributed by atoms with Gasteiger partial charge in [-0.05, 0) is 44.0 Å². The van der Waals surface area contributed by atoms with E-state index in [2.05, 4.69) is 5.32 Å². The molecule has 1 aromatic carbocycles. The van der Waals surface area contributed by atoms with Gasteiger partial charge < -0.3 is 10.1 Å². The number of ether oxygens (including phenoxy) is 1. The summed E-state index contributed by atoms with van der Waals surface area (Å²) < 4.78 is 32.2. The van der Waals surface area contributed by atoms with Crippen LogP contribution < -0.4 is 5.32 Å². The average molecular weight is 367 g/mol. The smallest absolute Gasteiger partial charge is 0.349 e. The zero-order valence-electron chi connectivity index (χ0n) is 14.2. The molecular weight excluding hydrogens is 348 g/mol. The highest BCUT2D eigenvalue weighted by Gasteiger charge is 2.22. The van der Waals surface area contributed by atoms with E-state index < -0.39 is 35.3 Å². The van der Waals surface area contributed by atoms with Gasteiger partial charge >= 0.3 is 5.97 Å². The Labute approximate surface area is 148 Å². The van der Waals surface area contributed by atoms with Gasteiger partial charge in [0.1, 0.15) is 22.2 Å². The first-order valence-electron chi connectivity index (χ1n) is 7.88. The van der Waals surface area contributed by atoms with E-state index >= 15 is 0 Å². The standard InChI is InChI=1S/C18H19F2NO3S/c1-4-6-12-9-15(25-11(12)3)18(23)24-10(2)17(22)21-16-13(19)7-5-8-14(16)20/h5,7-10H,4,6H2,1-3H3,(H,21,22)/t10-/m0/s1. The van der Waals surface area contributed by atoms with Crippen LogP contribution in [0.3, 0.4) is 0 Å². The maximum atomic E-state index is 13.6. The van der Waals surface area contributed by atoms with Gasteiger partial charge in [-0.15, -0.1) is 11.3 Å². The van der Waals surface area contributed by atoms with Gasteiger partial charge in [0.2, 0.25) is 0 Å². The van der Waals surface area contributed by atoms with Crippen LogP contribution in [0, 0.1) is 18.6 Å². The summed E-state index contributed by atoms with van der Waals surface area (Å²) >= 11 is 1.30. The molecule has 134 valence electrons. The number of para-hydroxylation sites is 1. The normalized spacial score (nSPS) is 11.9. The maximum Gasteiger partial charge on any atom is 0.349 e. The molecule has 2 aromatic rings. The van der Waals surface area contributed by atoms with Gasteiger partial charge in [-0.25, -0.2) is 13.6 Å². The minimum atomic E-state index is -1.19. The number of hydrogen-bond donors (Lipinski definition) is 1. The molecule has 1 atom stereocenters. The van der Waals surface area contributed by atoms with Gasteiger partial charge in [0.05, 0.1) is 0 Å². The number of halogens is 2. The third kappa shape index (κ3) is 4.63. The topological polar surface area (TPSA) is 55.4 Å². The molecule has 0 aliphatic carbocycles. The Morgan fingerprint density at radius 3 is 2.52 bits per heavy atom. The van der Waals surface area contributed by atoms with Crippen molar-refractivity contribution in [2.24, 2.45) is 0 Å². The highest BCUT2D eigenvalue weighted by atomic mass is 32.1. The van der Waals surface area contributed by atoms with Crippen LogP contribution in [0.1, 0.15) is 40.4 Å². The van der Waals surface area contributed by atoms with Crippen LogP contribution in [0.15, 0.2) is 24.3 Å². The van der Waals surface area contributed by atoms with Gasteiger partial charge in [-0.3, -0.25) is 4.79 Å². The van der Waals surface area contributed by atoms with Gasteiger partial charge in [0, 0.05) is 4.88 Å². The van der Waals surface area contributed by atoms with Gasteiger partial charge in [-0.1, -0.05) is 19.4 Å². The number of carbonyl (C=O) groups excluding carboxylic acids is 2. The second kappa shape index (κ2) is 8.20. The second-order valence-corrected chi connectivity index (χ2v) is 6.83. The summed E-state index contributed by atoms with van der Waals surface area (Å²) in [5, 5.41) is 2.11. The Hall–Kier alpha value is -2.28. The van der Waals surface area contributed by atoms with Crippen LogP contribution in [0.2, 0.25) is 0 Å². The molecule has 1 aromatic heterocycles. The molecule has 0 bridgehead atoms. The number of esters is 1. The van der Waals surface area contributed by atoms with Gasteiger partial charge in [0.25, 0.3) is 5.91 Å². The van der Waals surface area contributed by atoms with Gasteiger partial charge in [-0.2, -0.15) is 0 Å². The third-order valence-electron chi connectivity index (χ3n) is 3.61. The number of thiophene rings is 1. The second-order valence-electron chi connectivity index (χ2n) is 5.58. The first kappa shape index (κ1) is 19.1. The number of aryl methyl sites for hydroxylation is 2. The van der Waals surface area contributed by atoms with Crippen molar-refractivity contribution in [3.05, 3.63) is 51.2 Å². The molecule has 1 N–H and O–H groups in total. The average Bonchev–Trinajstić information content (AvgIpc) is 2.92. The van der Waals surface area contributed by atoms with Crippen molar-refractivity contribution in [3.8, 4) is 0 Å². The van der Waals surface area contributed by atoms with Crippen molar-refractivity contribution in [1.82, 2.24) is 0 Å². The highest BCUT2D eigenvalue weighted by Crippen LogP contribution is 2.24. The third-order valence-corrected chi connectivity index (χ3v) is 4.68. The molecule has 4 nitrogen and oxygen atoms in total. The summed E-state index contributed by atoms with van der Waals surface area (Å²) in [4.78, 5) is 25.6. The monoisotopic (exact) mass is 367 g/mol. The summed E-state index contributed by atoms with van der Waals surface area (Å²) in [6, 6.07) is 5.00. The molecule has 25 heavy (non-hydrogen) atoms. The van der Waals surface area contributed by atoms with E-state index in [1.807, 2.05) is 13.8 Å². The Morgan fingerprint density at radius 2 is 1.92 bits per heavy atom. The van der Waals surface area contributed by atoms with Crippen molar-refractivity contribution < 1.29 is 23.1 Å². The summed E-state index contributed by atoms with van der Waals surface area (Å²) in [5.74, 6) is -3.23. The van der Waals surface area contributed by atoms with Gasteiger partial charge in [0.15, 0.2) is 6.10 Å². The largest absolute Gasteiger partial charge is 0.448 e. The molecule has 0 fully saturated rings. The maximum absolute atomic E-state index is 13.6. The SMILES string of the molecule is CCCc1cc(C(=O)O[C@@H](C)C(=O)Nc2c(F)cccc2F)sc1C. The van der Waals surface area contributed by atoms with Crippen LogP contribution in [0.25, 0.3) is 0 Å². The van der Waals surface area contributed by atoms with Crippen molar-refractivity contribution in [3.63, 3.8) is 0 Å². The van der Waals surface area contributed by atoms with Crippen molar-refractivity contribution in [2.75, 3.05) is 5.32 Å². The lowest BCUT2D eigenvalue weighted by atomic mass is 10.1. The van der Waals surface area contributed by atoms with E-state index in [0.717, 1.165) is 35.4 Å². The van der Waals surface area contributed by atoms with Crippen molar-refractivity contribution in [2.45, 2.75) is 39.7 Å². The number of nitrogens with one attached hydrogen (secondary N) is 1. The number of anilines is 1. The predicted molar refractivity (Wildman–Crippen MR) is 92.9 cm³/mol. The fourth-order valence-corrected chi connectivity index (χ4v) is 3.21. The lowest BCUT2D eigenvalue weighted by Crippen LogP contribution is -2.30. The molecule has 2 rings (SSSR count). The molecule has 0 saturated heterocycles. The van der Waals surface area contributed by atoms with Crippen LogP contribution in [0.4, 0.5) is 14.5 Å². The molecule has 0 saturated carbocycles. The summed E-state index contributed by atoms with van der Waals surface area (Å²) in [6.45, 7) is 5.31. The quantitative estimate of drug-likeness (QED) is 0.767. The van der Waals surface area contributed by atoms with Crippen molar-refractivity contribution in [1.29, 1.82) is 0 Å². The molecule has 0 aliphatic heterocycles. The Balaban J connectivity index is 2.03. The Kier molecular flexibility index (Phi) is 6.25. The number of rotatable bonds is 6. The minimum absolute atomic E-state index is 0.401. The molecule has 0 spiro atoms. The molecule has 0 aliphatic rings. The number of benzene rings is 1. The first-order valence-corrected chi connectivity index (χ1v) is 8.70. The van der Waals surface area contributed by atoms with E-state index in [1.54, 1.807) is 6.07 Å². The Bertz CT molecular complexity index is 768. The van der Waals surface area contributed by atoms with Crippen LogP contribution in [-0.4, -0.2) is 18.0 Å². The minimum Gasteiger partial charge on any atom is -0.448 e.